The lowest BCUT2D eigenvalue weighted by Gasteiger charge is -2.25. The fraction of sp³-hybridized carbons (Fsp3) is 0.471. The zero-order chi connectivity index (χ0) is 15.4. The second kappa shape index (κ2) is 6.87. The molecule has 0 saturated heterocycles. The fourth-order valence-corrected chi connectivity index (χ4v) is 2.80. The van der Waals surface area contributed by atoms with Crippen molar-refractivity contribution in [2.45, 2.75) is 26.4 Å². The number of nitrogens with zero attached hydrogens (tertiary/aromatic N) is 3. The van der Waals surface area contributed by atoms with Crippen LogP contribution in [0.2, 0.25) is 0 Å². The van der Waals surface area contributed by atoms with Gasteiger partial charge in [0, 0.05) is 37.9 Å². The number of hydrogen-bond donors (Lipinski definition) is 1. The highest BCUT2D eigenvalue weighted by Crippen LogP contribution is 2.20. The van der Waals surface area contributed by atoms with Crippen molar-refractivity contribution in [3.05, 3.63) is 52.8 Å². The van der Waals surface area contributed by atoms with Crippen LogP contribution in [0.1, 0.15) is 28.3 Å². The van der Waals surface area contributed by atoms with E-state index in [0.29, 0.717) is 6.04 Å². The molecule has 0 fully saturated rings. The molecule has 0 aliphatic carbocycles. The van der Waals surface area contributed by atoms with E-state index in [1.165, 1.54) is 22.3 Å². The van der Waals surface area contributed by atoms with Crippen molar-refractivity contribution in [2.75, 3.05) is 20.6 Å². The highest BCUT2D eigenvalue weighted by molar-refractivity contribution is 5.33. The van der Waals surface area contributed by atoms with Gasteiger partial charge in [-0.25, -0.2) is 0 Å². The minimum Gasteiger partial charge on any atom is -0.312 e. The molecule has 0 aliphatic heterocycles. The van der Waals surface area contributed by atoms with Crippen molar-refractivity contribution in [2.24, 2.45) is 7.05 Å². The molecule has 1 heterocycles. The smallest absolute Gasteiger partial charge is 0.0534 e. The Morgan fingerprint density at radius 1 is 1.33 bits per heavy atom. The van der Waals surface area contributed by atoms with Crippen molar-refractivity contribution in [3.8, 4) is 0 Å². The number of aryl methyl sites for hydroxylation is 3. The van der Waals surface area contributed by atoms with Crippen LogP contribution in [0.5, 0.6) is 0 Å². The molecular weight excluding hydrogens is 260 g/mol. The molecule has 0 saturated carbocycles. The van der Waals surface area contributed by atoms with E-state index in [0.717, 1.165) is 13.1 Å². The van der Waals surface area contributed by atoms with Crippen LogP contribution in [0.25, 0.3) is 0 Å². The molecule has 114 valence electrons. The van der Waals surface area contributed by atoms with Crippen LogP contribution in [0.3, 0.4) is 0 Å². The molecule has 2 rings (SSSR count). The van der Waals surface area contributed by atoms with Gasteiger partial charge in [-0.3, -0.25) is 4.68 Å². The maximum absolute atomic E-state index is 4.23. The Kier molecular flexibility index (Phi) is 5.15. The van der Waals surface area contributed by atoms with Crippen LogP contribution in [0.4, 0.5) is 0 Å². The zero-order valence-electron chi connectivity index (χ0n) is 13.7. The molecule has 1 N–H and O–H groups in total. The van der Waals surface area contributed by atoms with Gasteiger partial charge >= 0.3 is 0 Å². The van der Waals surface area contributed by atoms with Crippen LogP contribution in [-0.2, 0) is 13.6 Å². The first-order valence-corrected chi connectivity index (χ1v) is 7.40. The average molecular weight is 286 g/mol. The fourth-order valence-electron chi connectivity index (χ4n) is 2.80. The molecule has 0 aliphatic rings. The van der Waals surface area contributed by atoms with Gasteiger partial charge in [-0.05, 0) is 39.1 Å². The molecule has 2 aromatic rings. The van der Waals surface area contributed by atoms with E-state index in [4.69, 9.17) is 0 Å². The molecule has 1 unspecified atom stereocenters. The van der Waals surface area contributed by atoms with Gasteiger partial charge in [0.05, 0.1) is 6.20 Å². The Bertz CT molecular complexity index is 588. The van der Waals surface area contributed by atoms with Gasteiger partial charge in [0.1, 0.15) is 0 Å². The molecule has 0 radical (unpaired) electrons. The van der Waals surface area contributed by atoms with Crippen molar-refractivity contribution < 1.29 is 0 Å². The summed E-state index contributed by atoms with van der Waals surface area (Å²) >= 11 is 0. The molecule has 4 heteroatoms. The maximum atomic E-state index is 4.23. The lowest BCUT2D eigenvalue weighted by Crippen LogP contribution is -2.31. The highest BCUT2D eigenvalue weighted by Gasteiger charge is 2.14. The van der Waals surface area contributed by atoms with Crippen molar-refractivity contribution in [1.29, 1.82) is 0 Å². The first kappa shape index (κ1) is 15.7. The lowest BCUT2D eigenvalue weighted by atomic mass is 9.99. The average Bonchev–Trinajstić information content (AvgIpc) is 2.82. The van der Waals surface area contributed by atoms with Crippen LogP contribution >= 0.6 is 0 Å². The third kappa shape index (κ3) is 4.16. The van der Waals surface area contributed by atoms with Crippen LogP contribution in [0, 0.1) is 13.8 Å². The lowest BCUT2D eigenvalue weighted by molar-refractivity contribution is 0.289. The summed E-state index contributed by atoms with van der Waals surface area (Å²) in [5.74, 6) is 0. The molecular formula is C17H26N4. The van der Waals surface area contributed by atoms with E-state index in [-0.39, 0.29) is 0 Å². The molecule has 21 heavy (non-hydrogen) atoms. The monoisotopic (exact) mass is 286 g/mol. The van der Waals surface area contributed by atoms with Gasteiger partial charge in [0.2, 0.25) is 0 Å². The summed E-state index contributed by atoms with van der Waals surface area (Å²) in [4.78, 5) is 2.33. The number of benzene rings is 1. The van der Waals surface area contributed by atoms with Gasteiger partial charge in [0.25, 0.3) is 0 Å². The van der Waals surface area contributed by atoms with E-state index in [1.54, 1.807) is 0 Å². The third-order valence-electron chi connectivity index (χ3n) is 3.85. The SMILES string of the molecule is CNC(CN(C)Cc1cnn(C)c1)c1ccc(C)cc1C. The van der Waals surface area contributed by atoms with Crippen LogP contribution < -0.4 is 5.32 Å². The van der Waals surface area contributed by atoms with Gasteiger partial charge < -0.3 is 10.2 Å². The van der Waals surface area contributed by atoms with Crippen LogP contribution in [-0.4, -0.2) is 35.3 Å². The zero-order valence-corrected chi connectivity index (χ0v) is 13.7. The Morgan fingerprint density at radius 2 is 2.10 bits per heavy atom. The Morgan fingerprint density at radius 3 is 2.67 bits per heavy atom. The summed E-state index contributed by atoms with van der Waals surface area (Å²) in [6, 6.07) is 7.02. The quantitative estimate of drug-likeness (QED) is 0.885. The number of aromatic nitrogens is 2. The van der Waals surface area contributed by atoms with Crippen molar-refractivity contribution >= 4 is 0 Å². The van der Waals surface area contributed by atoms with Crippen molar-refractivity contribution in [1.82, 2.24) is 20.0 Å². The first-order chi connectivity index (χ1) is 9.99. The summed E-state index contributed by atoms with van der Waals surface area (Å²) in [7, 11) is 6.14. The minimum absolute atomic E-state index is 0.340. The summed E-state index contributed by atoms with van der Waals surface area (Å²) in [5.41, 5.74) is 5.29. The predicted molar refractivity (Wildman–Crippen MR) is 87.3 cm³/mol. The molecule has 0 spiro atoms. The van der Waals surface area contributed by atoms with E-state index >= 15 is 0 Å². The highest BCUT2D eigenvalue weighted by atomic mass is 15.2. The molecule has 0 amide bonds. The molecule has 1 aromatic heterocycles. The summed E-state index contributed by atoms with van der Waals surface area (Å²) in [5, 5.41) is 7.66. The number of rotatable bonds is 6. The number of nitrogens with one attached hydrogen (secondary N) is 1. The van der Waals surface area contributed by atoms with Gasteiger partial charge in [0.15, 0.2) is 0 Å². The topological polar surface area (TPSA) is 33.1 Å². The minimum atomic E-state index is 0.340. The second-order valence-electron chi connectivity index (χ2n) is 5.92. The predicted octanol–water partition coefficient (Wildman–Crippen LogP) is 2.43. The Labute approximate surface area is 127 Å². The van der Waals surface area contributed by atoms with E-state index in [2.05, 4.69) is 60.6 Å². The first-order valence-electron chi connectivity index (χ1n) is 7.40. The van der Waals surface area contributed by atoms with Gasteiger partial charge in [-0.15, -0.1) is 0 Å². The van der Waals surface area contributed by atoms with E-state index < -0.39 is 0 Å². The molecule has 0 bridgehead atoms. The second-order valence-corrected chi connectivity index (χ2v) is 5.92. The summed E-state index contributed by atoms with van der Waals surface area (Å²) in [6.45, 7) is 6.21. The Hall–Kier alpha value is -1.65. The van der Waals surface area contributed by atoms with Crippen LogP contribution in [0.15, 0.2) is 30.6 Å². The van der Waals surface area contributed by atoms with Gasteiger partial charge in [-0.2, -0.15) is 5.10 Å². The standard InChI is InChI=1S/C17H26N4/c1-13-6-7-16(14(2)8-13)17(18-3)12-20(4)10-15-9-19-21(5)11-15/h6-9,11,17-18H,10,12H2,1-5H3. The Balaban J connectivity index is 2.04. The third-order valence-corrected chi connectivity index (χ3v) is 3.85. The largest absolute Gasteiger partial charge is 0.312 e. The van der Waals surface area contributed by atoms with Gasteiger partial charge in [-0.1, -0.05) is 23.8 Å². The summed E-state index contributed by atoms with van der Waals surface area (Å²) in [6.07, 6.45) is 4.00. The number of hydrogen-bond acceptors (Lipinski definition) is 3. The molecule has 4 nitrogen and oxygen atoms in total. The maximum Gasteiger partial charge on any atom is 0.0534 e. The summed E-state index contributed by atoms with van der Waals surface area (Å²) < 4.78 is 1.85. The van der Waals surface area contributed by atoms with E-state index in [9.17, 15) is 0 Å². The van der Waals surface area contributed by atoms with E-state index in [1.807, 2.05) is 25.0 Å². The number of likely N-dealkylation sites (N-methyl/N-ethyl adjacent to an activating group) is 2. The molecule has 1 atom stereocenters. The molecule has 1 aromatic carbocycles. The van der Waals surface area contributed by atoms with Crippen molar-refractivity contribution in [3.63, 3.8) is 0 Å². The normalized spacial score (nSPS) is 12.9.